The van der Waals surface area contributed by atoms with E-state index in [9.17, 15) is 4.79 Å². The van der Waals surface area contributed by atoms with Crippen LogP contribution in [0.3, 0.4) is 0 Å². The Hall–Kier alpha value is -0.570. The molecule has 1 saturated carbocycles. The van der Waals surface area contributed by atoms with Gasteiger partial charge < -0.3 is 10.6 Å². The standard InChI is InChI=1S/C13H24N2O/c1-3-13(7-4-8-13)15-11(16)12(2)6-5-9-14-10-12/h14H,3-10H2,1-2H3,(H,15,16). The summed E-state index contributed by atoms with van der Waals surface area (Å²) in [6, 6.07) is 0. The molecule has 1 saturated heterocycles. The Labute approximate surface area is 98.4 Å². The third-order valence-corrected chi connectivity index (χ3v) is 4.51. The molecule has 1 unspecified atom stereocenters. The summed E-state index contributed by atoms with van der Waals surface area (Å²) in [5.74, 6) is 0.265. The molecule has 1 amide bonds. The van der Waals surface area contributed by atoms with E-state index in [4.69, 9.17) is 0 Å². The number of nitrogens with one attached hydrogen (secondary N) is 2. The smallest absolute Gasteiger partial charge is 0.227 e. The molecule has 1 aliphatic carbocycles. The molecule has 0 spiro atoms. The van der Waals surface area contributed by atoms with Crippen molar-refractivity contribution in [3.8, 4) is 0 Å². The van der Waals surface area contributed by atoms with Crippen molar-refractivity contribution in [2.45, 2.75) is 57.9 Å². The summed E-state index contributed by atoms with van der Waals surface area (Å²) < 4.78 is 0. The van der Waals surface area contributed by atoms with Crippen LogP contribution in [-0.4, -0.2) is 24.5 Å². The van der Waals surface area contributed by atoms with Crippen LogP contribution in [0.15, 0.2) is 0 Å². The summed E-state index contributed by atoms with van der Waals surface area (Å²) >= 11 is 0. The fraction of sp³-hybridized carbons (Fsp3) is 0.923. The van der Waals surface area contributed by atoms with Gasteiger partial charge in [0.1, 0.15) is 0 Å². The van der Waals surface area contributed by atoms with E-state index in [-0.39, 0.29) is 16.9 Å². The average Bonchev–Trinajstić information content (AvgIpc) is 2.24. The maximum Gasteiger partial charge on any atom is 0.227 e. The van der Waals surface area contributed by atoms with E-state index >= 15 is 0 Å². The van der Waals surface area contributed by atoms with Gasteiger partial charge in [0.05, 0.1) is 5.41 Å². The summed E-state index contributed by atoms with van der Waals surface area (Å²) in [7, 11) is 0. The summed E-state index contributed by atoms with van der Waals surface area (Å²) in [5, 5.41) is 6.65. The van der Waals surface area contributed by atoms with Gasteiger partial charge >= 0.3 is 0 Å². The lowest BCUT2D eigenvalue weighted by molar-refractivity contribution is -0.134. The van der Waals surface area contributed by atoms with E-state index < -0.39 is 0 Å². The fourth-order valence-corrected chi connectivity index (χ4v) is 2.81. The van der Waals surface area contributed by atoms with E-state index in [1.54, 1.807) is 0 Å². The minimum Gasteiger partial charge on any atom is -0.350 e. The topological polar surface area (TPSA) is 41.1 Å². The van der Waals surface area contributed by atoms with Gasteiger partial charge in [-0.1, -0.05) is 6.92 Å². The van der Waals surface area contributed by atoms with Crippen molar-refractivity contribution >= 4 is 5.91 Å². The maximum absolute atomic E-state index is 12.3. The second kappa shape index (κ2) is 4.36. The number of rotatable bonds is 3. The molecule has 0 aromatic rings. The second-order valence-electron chi connectivity index (χ2n) is 5.78. The summed E-state index contributed by atoms with van der Waals surface area (Å²) in [6.45, 7) is 6.16. The van der Waals surface area contributed by atoms with Gasteiger partial charge in [-0.15, -0.1) is 0 Å². The van der Waals surface area contributed by atoms with Crippen LogP contribution in [-0.2, 0) is 4.79 Å². The van der Waals surface area contributed by atoms with E-state index in [0.717, 1.165) is 32.4 Å². The van der Waals surface area contributed by atoms with Gasteiger partial charge in [-0.2, -0.15) is 0 Å². The lowest BCUT2D eigenvalue weighted by Gasteiger charge is -2.45. The van der Waals surface area contributed by atoms with Crippen molar-refractivity contribution in [3.63, 3.8) is 0 Å². The molecule has 1 aliphatic heterocycles. The first kappa shape index (κ1) is 11.9. The monoisotopic (exact) mass is 224 g/mol. The van der Waals surface area contributed by atoms with Crippen LogP contribution < -0.4 is 10.6 Å². The zero-order chi connectivity index (χ0) is 11.6. The highest BCUT2D eigenvalue weighted by Crippen LogP contribution is 2.36. The van der Waals surface area contributed by atoms with Crippen molar-refractivity contribution in [1.29, 1.82) is 0 Å². The van der Waals surface area contributed by atoms with Crippen LogP contribution in [0.25, 0.3) is 0 Å². The Bertz CT molecular complexity index is 260. The van der Waals surface area contributed by atoms with Gasteiger partial charge in [-0.3, -0.25) is 4.79 Å². The SMILES string of the molecule is CCC1(NC(=O)C2(C)CCCNC2)CCC1. The zero-order valence-corrected chi connectivity index (χ0v) is 10.6. The summed E-state index contributed by atoms with van der Waals surface area (Å²) in [4.78, 5) is 12.3. The molecule has 0 aromatic carbocycles. The Morgan fingerprint density at radius 1 is 1.31 bits per heavy atom. The van der Waals surface area contributed by atoms with Crippen LogP contribution in [0.2, 0.25) is 0 Å². The Balaban J connectivity index is 1.96. The first-order valence-corrected chi connectivity index (χ1v) is 6.64. The van der Waals surface area contributed by atoms with Gasteiger partial charge in [0.2, 0.25) is 5.91 Å². The predicted molar refractivity (Wildman–Crippen MR) is 65.2 cm³/mol. The Kier molecular flexibility index (Phi) is 3.24. The van der Waals surface area contributed by atoms with Crippen molar-refractivity contribution in [2.75, 3.05) is 13.1 Å². The van der Waals surface area contributed by atoms with Gasteiger partial charge in [-0.25, -0.2) is 0 Å². The van der Waals surface area contributed by atoms with Crippen LogP contribution in [0.1, 0.15) is 52.4 Å². The molecular formula is C13H24N2O. The van der Waals surface area contributed by atoms with Crippen molar-refractivity contribution in [3.05, 3.63) is 0 Å². The number of piperidine rings is 1. The first-order valence-electron chi connectivity index (χ1n) is 6.64. The number of hydrogen-bond donors (Lipinski definition) is 2. The van der Waals surface area contributed by atoms with Crippen molar-refractivity contribution < 1.29 is 4.79 Å². The second-order valence-corrected chi connectivity index (χ2v) is 5.78. The van der Waals surface area contributed by atoms with Crippen molar-refractivity contribution in [1.82, 2.24) is 10.6 Å². The minimum absolute atomic E-state index is 0.136. The predicted octanol–water partition coefficient (Wildman–Crippen LogP) is 1.82. The molecule has 0 radical (unpaired) electrons. The molecule has 2 N–H and O–H groups in total. The third kappa shape index (κ3) is 2.10. The highest BCUT2D eigenvalue weighted by Gasteiger charge is 2.42. The molecule has 0 bridgehead atoms. The van der Waals surface area contributed by atoms with E-state index in [1.165, 1.54) is 19.3 Å². The minimum atomic E-state index is -0.185. The van der Waals surface area contributed by atoms with Gasteiger partial charge in [-0.05, 0) is 52.0 Å². The van der Waals surface area contributed by atoms with Gasteiger partial charge in [0.25, 0.3) is 0 Å². The van der Waals surface area contributed by atoms with E-state index in [2.05, 4.69) is 24.5 Å². The van der Waals surface area contributed by atoms with Gasteiger partial charge in [0.15, 0.2) is 0 Å². The molecule has 1 atom stereocenters. The Morgan fingerprint density at radius 2 is 2.06 bits per heavy atom. The summed E-state index contributed by atoms with van der Waals surface area (Å²) in [5.41, 5.74) is -0.0481. The molecule has 92 valence electrons. The van der Waals surface area contributed by atoms with E-state index in [0.29, 0.717) is 0 Å². The molecule has 2 aliphatic rings. The molecule has 2 fully saturated rings. The van der Waals surface area contributed by atoms with Crippen LogP contribution in [0.5, 0.6) is 0 Å². The molecule has 16 heavy (non-hydrogen) atoms. The van der Waals surface area contributed by atoms with Crippen LogP contribution in [0, 0.1) is 5.41 Å². The molecule has 0 aromatic heterocycles. The highest BCUT2D eigenvalue weighted by atomic mass is 16.2. The molecule has 3 nitrogen and oxygen atoms in total. The van der Waals surface area contributed by atoms with Crippen LogP contribution in [0.4, 0.5) is 0 Å². The summed E-state index contributed by atoms with van der Waals surface area (Å²) in [6.07, 6.45) is 6.80. The maximum atomic E-state index is 12.3. The zero-order valence-electron chi connectivity index (χ0n) is 10.6. The number of hydrogen-bond acceptors (Lipinski definition) is 2. The molecule has 1 heterocycles. The average molecular weight is 224 g/mol. The van der Waals surface area contributed by atoms with Gasteiger partial charge in [0, 0.05) is 12.1 Å². The Morgan fingerprint density at radius 3 is 2.50 bits per heavy atom. The highest BCUT2D eigenvalue weighted by molar-refractivity contribution is 5.83. The number of carbonyl (C=O) groups is 1. The lowest BCUT2D eigenvalue weighted by atomic mass is 9.73. The molecular weight excluding hydrogens is 200 g/mol. The normalized spacial score (nSPS) is 32.9. The largest absolute Gasteiger partial charge is 0.350 e. The van der Waals surface area contributed by atoms with E-state index in [1.807, 2.05) is 0 Å². The number of amides is 1. The third-order valence-electron chi connectivity index (χ3n) is 4.51. The van der Waals surface area contributed by atoms with Crippen LogP contribution >= 0.6 is 0 Å². The van der Waals surface area contributed by atoms with Crippen molar-refractivity contribution in [2.24, 2.45) is 5.41 Å². The first-order chi connectivity index (χ1) is 7.60. The quantitative estimate of drug-likeness (QED) is 0.768. The number of carbonyl (C=O) groups excluding carboxylic acids is 1. The lowest BCUT2D eigenvalue weighted by Crippen LogP contribution is -2.59. The molecule has 3 heteroatoms. The fourth-order valence-electron chi connectivity index (χ4n) is 2.81. The molecule has 2 rings (SSSR count).